The molecule has 1 N–H and O–H groups in total. The lowest BCUT2D eigenvalue weighted by Gasteiger charge is -2.19. The lowest BCUT2D eigenvalue weighted by Crippen LogP contribution is -2.22. The predicted octanol–water partition coefficient (Wildman–Crippen LogP) is 6.76. The van der Waals surface area contributed by atoms with Gasteiger partial charge in [-0.2, -0.15) is 0 Å². The van der Waals surface area contributed by atoms with Crippen LogP contribution in [0.15, 0.2) is 109 Å². The average Bonchev–Trinajstić information content (AvgIpc) is 2.95. The Kier molecular flexibility index (Phi) is 9.46. The largest absolute Gasteiger partial charge is 0.465 e. The van der Waals surface area contributed by atoms with Crippen LogP contribution in [0.2, 0.25) is 0 Å². The van der Waals surface area contributed by atoms with Crippen LogP contribution in [0.25, 0.3) is 0 Å². The summed E-state index contributed by atoms with van der Waals surface area (Å²) < 4.78 is 4.78. The van der Waals surface area contributed by atoms with Crippen LogP contribution in [0, 0.1) is 0 Å². The molecule has 4 aromatic carbocycles. The van der Waals surface area contributed by atoms with Gasteiger partial charge in [-0.3, -0.25) is 0 Å². The van der Waals surface area contributed by atoms with Crippen LogP contribution in [0.4, 0.5) is 0 Å². The van der Waals surface area contributed by atoms with E-state index in [0.717, 1.165) is 44.3 Å². The van der Waals surface area contributed by atoms with Crippen molar-refractivity contribution < 1.29 is 9.53 Å². The number of aryl methyl sites for hydroxylation is 3. The summed E-state index contributed by atoms with van der Waals surface area (Å²) in [7, 11) is 1.40. The lowest BCUT2D eigenvalue weighted by molar-refractivity contribution is 0.0600. The summed E-state index contributed by atoms with van der Waals surface area (Å²) >= 11 is 0. The van der Waals surface area contributed by atoms with E-state index < -0.39 is 0 Å². The van der Waals surface area contributed by atoms with E-state index in [1.54, 1.807) is 0 Å². The van der Waals surface area contributed by atoms with Crippen LogP contribution in [0.5, 0.6) is 0 Å². The van der Waals surface area contributed by atoms with Crippen LogP contribution in [-0.2, 0) is 30.5 Å². The van der Waals surface area contributed by atoms with Crippen molar-refractivity contribution in [1.29, 1.82) is 0 Å². The van der Waals surface area contributed by atoms with E-state index in [0.29, 0.717) is 11.5 Å². The highest BCUT2D eigenvalue weighted by Crippen LogP contribution is 2.22. The molecule has 4 aromatic rings. The molecule has 0 spiro atoms. The van der Waals surface area contributed by atoms with Crippen LogP contribution in [0.3, 0.4) is 0 Å². The van der Waals surface area contributed by atoms with Crippen molar-refractivity contribution in [2.45, 2.75) is 38.1 Å². The summed E-state index contributed by atoms with van der Waals surface area (Å²) in [5.74, 6) is 0.126. The molecule has 0 aliphatic heterocycles. The Morgan fingerprint density at radius 2 is 1.19 bits per heavy atom. The van der Waals surface area contributed by atoms with E-state index in [-0.39, 0.29) is 5.97 Å². The van der Waals surface area contributed by atoms with Crippen molar-refractivity contribution in [3.63, 3.8) is 0 Å². The number of methoxy groups -OCH3 is 1. The minimum Gasteiger partial charge on any atom is -0.465 e. The van der Waals surface area contributed by atoms with E-state index in [1.807, 2.05) is 24.3 Å². The highest BCUT2D eigenvalue weighted by Gasteiger charge is 2.12. The summed E-state index contributed by atoms with van der Waals surface area (Å²) in [5.41, 5.74) is 7.26. The maximum atomic E-state index is 11.6. The van der Waals surface area contributed by atoms with Gasteiger partial charge in [0, 0.05) is 13.1 Å². The van der Waals surface area contributed by atoms with Gasteiger partial charge in [-0.25, -0.2) is 4.79 Å². The summed E-state index contributed by atoms with van der Waals surface area (Å²) in [5, 5.41) is 3.62. The fourth-order valence-electron chi connectivity index (χ4n) is 4.53. The number of esters is 1. The van der Waals surface area contributed by atoms with Gasteiger partial charge in [0.2, 0.25) is 0 Å². The molecule has 0 unspecified atom stereocenters. The highest BCUT2D eigenvalue weighted by molar-refractivity contribution is 5.89. The third kappa shape index (κ3) is 7.66. The van der Waals surface area contributed by atoms with Gasteiger partial charge in [0.05, 0.1) is 12.7 Å². The summed E-state index contributed by atoms with van der Waals surface area (Å²) in [6.45, 7) is 1.67. The topological polar surface area (TPSA) is 38.3 Å². The maximum absolute atomic E-state index is 11.6. The fraction of sp³-hybridized carbons (Fsp3) is 0.242. The molecule has 0 saturated heterocycles. The number of hydrogen-bond acceptors (Lipinski definition) is 3. The average molecular weight is 478 g/mol. The minimum absolute atomic E-state index is 0.303. The number of benzene rings is 4. The first-order chi connectivity index (χ1) is 17.7. The van der Waals surface area contributed by atoms with Crippen LogP contribution in [0.1, 0.15) is 50.5 Å². The standard InChI is InChI=1S/C33H35NO2/c1-36-33(35)31-21-19-29(20-22-31)24-34-25-32(30-10-6-3-7-11-30)23-18-28-16-14-27(15-17-28)13-12-26-8-4-2-5-9-26/h2-11,14-17,19-22,32,34H,12-13,18,23-25H2,1H3/t32-/m1/s1. The quantitative estimate of drug-likeness (QED) is 0.229. The second kappa shape index (κ2) is 13.4. The molecule has 36 heavy (non-hydrogen) atoms. The van der Waals surface area contributed by atoms with Gasteiger partial charge in [0.1, 0.15) is 0 Å². The Balaban J connectivity index is 1.30. The minimum atomic E-state index is -0.303. The summed E-state index contributed by atoms with van der Waals surface area (Å²) in [6, 6.07) is 38.2. The second-order valence-corrected chi connectivity index (χ2v) is 9.27. The van der Waals surface area contributed by atoms with Gasteiger partial charge >= 0.3 is 5.97 Å². The predicted molar refractivity (Wildman–Crippen MR) is 147 cm³/mol. The van der Waals surface area contributed by atoms with Crippen molar-refractivity contribution in [3.8, 4) is 0 Å². The molecule has 1 atom stereocenters. The third-order valence-corrected chi connectivity index (χ3v) is 6.72. The van der Waals surface area contributed by atoms with E-state index >= 15 is 0 Å². The van der Waals surface area contributed by atoms with E-state index in [1.165, 1.54) is 29.4 Å². The van der Waals surface area contributed by atoms with Gasteiger partial charge in [-0.05, 0) is 71.6 Å². The molecule has 0 fully saturated rings. The number of rotatable bonds is 12. The molecule has 0 amide bonds. The number of nitrogens with one attached hydrogen (secondary N) is 1. The first-order valence-electron chi connectivity index (χ1n) is 12.8. The van der Waals surface area contributed by atoms with E-state index in [4.69, 9.17) is 4.74 Å². The number of hydrogen-bond donors (Lipinski definition) is 1. The maximum Gasteiger partial charge on any atom is 0.337 e. The van der Waals surface area contributed by atoms with Crippen molar-refractivity contribution in [2.75, 3.05) is 13.7 Å². The molecule has 4 rings (SSSR count). The Hall–Kier alpha value is -3.69. The summed E-state index contributed by atoms with van der Waals surface area (Å²) in [4.78, 5) is 11.6. The molecule has 184 valence electrons. The second-order valence-electron chi connectivity index (χ2n) is 9.27. The first kappa shape index (κ1) is 25.4. The molecular weight excluding hydrogens is 442 g/mol. The first-order valence-corrected chi connectivity index (χ1v) is 12.8. The van der Waals surface area contributed by atoms with Crippen LogP contribution < -0.4 is 5.32 Å². The van der Waals surface area contributed by atoms with Gasteiger partial charge in [0.25, 0.3) is 0 Å². The molecule has 3 nitrogen and oxygen atoms in total. The van der Waals surface area contributed by atoms with E-state index in [9.17, 15) is 4.79 Å². The van der Waals surface area contributed by atoms with Gasteiger partial charge in [0.15, 0.2) is 0 Å². The molecule has 0 aliphatic carbocycles. The lowest BCUT2D eigenvalue weighted by atomic mass is 9.91. The Labute approximate surface area is 215 Å². The monoisotopic (exact) mass is 477 g/mol. The van der Waals surface area contributed by atoms with E-state index in [2.05, 4.69) is 90.2 Å². The zero-order chi connectivity index (χ0) is 25.0. The zero-order valence-corrected chi connectivity index (χ0v) is 21.0. The number of ether oxygens (including phenoxy) is 1. The van der Waals surface area contributed by atoms with Gasteiger partial charge in [-0.1, -0.05) is 97.1 Å². The fourth-order valence-corrected chi connectivity index (χ4v) is 4.53. The van der Waals surface area contributed by atoms with Crippen LogP contribution in [-0.4, -0.2) is 19.6 Å². The third-order valence-electron chi connectivity index (χ3n) is 6.72. The summed E-state index contributed by atoms with van der Waals surface area (Å²) in [6.07, 6.45) is 4.28. The molecule has 0 radical (unpaired) electrons. The smallest absolute Gasteiger partial charge is 0.337 e. The molecule has 0 heterocycles. The number of carbonyl (C=O) groups is 1. The van der Waals surface area contributed by atoms with Crippen molar-refractivity contribution in [1.82, 2.24) is 5.32 Å². The molecule has 0 aliphatic rings. The van der Waals surface area contributed by atoms with Gasteiger partial charge in [-0.15, -0.1) is 0 Å². The highest BCUT2D eigenvalue weighted by atomic mass is 16.5. The SMILES string of the molecule is COC(=O)c1ccc(CNC[C@@H](CCc2ccc(CCc3ccccc3)cc2)c2ccccc2)cc1. The molecule has 0 aromatic heterocycles. The van der Waals surface area contributed by atoms with Gasteiger partial charge < -0.3 is 10.1 Å². The van der Waals surface area contributed by atoms with Crippen molar-refractivity contribution in [2.24, 2.45) is 0 Å². The van der Waals surface area contributed by atoms with Crippen LogP contribution >= 0.6 is 0 Å². The Bertz CT molecular complexity index is 1190. The number of carbonyl (C=O) groups excluding carboxylic acids is 1. The molecule has 0 bridgehead atoms. The Morgan fingerprint density at radius 3 is 1.81 bits per heavy atom. The molecule has 0 saturated carbocycles. The zero-order valence-electron chi connectivity index (χ0n) is 21.0. The van der Waals surface area contributed by atoms with Crippen molar-refractivity contribution in [3.05, 3.63) is 143 Å². The Morgan fingerprint density at radius 1 is 0.667 bits per heavy atom. The molecular formula is C33H35NO2. The normalized spacial score (nSPS) is 11.7. The molecule has 3 heteroatoms. The van der Waals surface area contributed by atoms with Crippen molar-refractivity contribution >= 4 is 5.97 Å².